The summed E-state index contributed by atoms with van der Waals surface area (Å²) < 4.78 is 4.98. The zero-order valence-corrected chi connectivity index (χ0v) is 8.53. The molecule has 0 radical (unpaired) electrons. The van der Waals surface area contributed by atoms with E-state index >= 15 is 0 Å². The molecule has 1 aromatic rings. The van der Waals surface area contributed by atoms with Gasteiger partial charge in [-0.1, -0.05) is 19.9 Å². The molecule has 0 atom stereocenters. The largest absolute Gasteiger partial charge is 0.379 e. The Hall–Kier alpha value is -0.930. The van der Waals surface area contributed by atoms with Gasteiger partial charge in [-0.2, -0.15) is 0 Å². The van der Waals surface area contributed by atoms with Crippen LogP contribution in [0.1, 0.15) is 31.0 Å². The molecular weight excluding hydrogens is 178 g/mol. The SMILES string of the molecule is CC(C)c1ccc(C2(O)COC2)nc1. The molecule has 1 N–H and O–H groups in total. The molecule has 1 saturated heterocycles. The fraction of sp³-hybridized carbons (Fsp3) is 0.545. The molecule has 3 heteroatoms. The van der Waals surface area contributed by atoms with Gasteiger partial charge in [-0.05, 0) is 17.5 Å². The number of pyridine rings is 1. The van der Waals surface area contributed by atoms with Gasteiger partial charge < -0.3 is 9.84 Å². The van der Waals surface area contributed by atoms with Crippen molar-refractivity contribution < 1.29 is 9.84 Å². The van der Waals surface area contributed by atoms with Gasteiger partial charge in [-0.25, -0.2) is 0 Å². The molecular formula is C11H15NO2. The van der Waals surface area contributed by atoms with Gasteiger partial charge in [-0.3, -0.25) is 4.98 Å². The fourth-order valence-electron chi connectivity index (χ4n) is 1.47. The Bertz CT molecular complexity index is 315. The first-order valence-electron chi connectivity index (χ1n) is 4.88. The van der Waals surface area contributed by atoms with E-state index in [2.05, 4.69) is 18.8 Å². The van der Waals surface area contributed by atoms with Crippen LogP contribution in [0.25, 0.3) is 0 Å². The normalized spacial score (nSPS) is 19.4. The lowest BCUT2D eigenvalue weighted by Gasteiger charge is -2.35. The highest BCUT2D eigenvalue weighted by molar-refractivity contribution is 5.22. The average molecular weight is 193 g/mol. The van der Waals surface area contributed by atoms with Crippen LogP contribution in [0, 0.1) is 0 Å². The molecule has 0 spiro atoms. The van der Waals surface area contributed by atoms with Gasteiger partial charge in [-0.15, -0.1) is 0 Å². The van der Waals surface area contributed by atoms with Crippen LogP contribution >= 0.6 is 0 Å². The topological polar surface area (TPSA) is 42.4 Å². The van der Waals surface area contributed by atoms with Crippen molar-refractivity contribution in [1.82, 2.24) is 4.98 Å². The minimum absolute atomic E-state index is 0.362. The van der Waals surface area contributed by atoms with E-state index in [0.717, 1.165) is 0 Å². The Kier molecular flexibility index (Phi) is 2.29. The fourth-order valence-corrected chi connectivity index (χ4v) is 1.47. The van der Waals surface area contributed by atoms with Crippen molar-refractivity contribution >= 4 is 0 Å². The summed E-state index contributed by atoms with van der Waals surface area (Å²) in [6.07, 6.45) is 1.83. The Morgan fingerprint density at radius 3 is 2.50 bits per heavy atom. The number of aromatic nitrogens is 1. The third kappa shape index (κ3) is 1.53. The van der Waals surface area contributed by atoms with Gasteiger partial charge in [0.15, 0.2) is 5.60 Å². The second-order valence-corrected chi connectivity index (χ2v) is 4.16. The summed E-state index contributed by atoms with van der Waals surface area (Å²) in [6.45, 7) is 4.97. The summed E-state index contributed by atoms with van der Waals surface area (Å²) in [7, 11) is 0. The zero-order chi connectivity index (χ0) is 10.2. The highest BCUT2D eigenvalue weighted by atomic mass is 16.5. The molecule has 1 aromatic heterocycles. The van der Waals surface area contributed by atoms with Gasteiger partial charge in [0, 0.05) is 6.20 Å². The Balaban J connectivity index is 2.21. The Labute approximate surface area is 83.7 Å². The summed E-state index contributed by atoms with van der Waals surface area (Å²) in [5.74, 6) is 0.476. The highest BCUT2D eigenvalue weighted by Crippen LogP contribution is 2.28. The molecule has 2 heterocycles. The average Bonchev–Trinajstić information content (AvgIpc) is 2.14. The third-order valence-electron chi connectivity index (χ3n) is 2.61. The van der Waals surface area contributed by atoms with E-state index in [4.69, 9.17) is 4.74 Å². The molecule has 1 aliphatic rings. The second kappa shape index (κ2) is 3.33. The predicted molar refractivity (Wildman–Crippen MR) is 53.0 cm³/mol. The molecule has 0 unspecified atom stereocenters. The van der Waals surface area contributed by atoms with Crippen LogP contribution in [0.15, 0.2) is 18.3 Å². The van der Waals surface area contributed by atoms with Gasteiger partial charge in [0.05, 0.1) is 18.9 Å². The van der Waals surface area contributed by atoms with Crippen LogP contribution in [0.5, 0.6) is 0 Å². The van der Waals surface area contributed by atoms with Crippen LogP contribution in [-0.4, -0.2) is 23.3 Å². The Morgan fingerprint density at radius 2 is 2.14 bits per heavy atom. The summed E-state index contributed by atoms with van der Waals surface area (Å²) in [6, 6.07) is 3.90. The van der Waals surface area contributed by atoms with Crippen molar-refractivity contribution in [3.05, 3.63) is 29.6 Å². The zero-order valence-electron chi connectivity index (χ0n) is 8.53. The number of aliphatic hydroxyl groups is 1. The van der Waals surface area contributed by atoms with Gasteiger partial charge in [0.25, 0.3) is 0 Å². The minimum atomic E-state index is -0.838. The van der Waals surface area contributed by atoms with Crippen molar-refractivity contribution in [2.24, 2.45) is 0 Å². The number of hydrogen-bond acceptors (Lipinski definition) is 3. The molecule has 3 nitrogen and oxygen atoms in total. The first kappa shape index (κ1) is 9.62. The standard InChI is InChI=1S/C11H15NO2/c1-8(2)9-3-4-10(12-5-9)11(13)6-14-7-11/h3-5,8,13H,6-7H2,1-2H3. The molecule has 0 saturated carbocycles. The lowest BCUT2D eigenvalue weighted by atomic mass is 9.96. The van der Waals surface area contributed by atoms with E-state index < -0.39 is 5.60 Å². The van der Waals surface area contributed by atoms with E-state index in [-0.39, 0.29) is 0 Å². The van der Waals surface area contributed by atoms with Gasteiger partial charge >= 0.3 is 0 Å². The number of ether oxygens (including phenoxy) is 1. The van der Waals surface area contributed by atoms with Gasteiger partial charge in [0.2, 0.25) is 0 Å². The first-order chi connectivity index (χ1) is 6.62. The minimum Gasteiger partial charge on any atom is -0.379 e. The lowest BCUT2D eigenvalue weighted by molar-refractivity contribution is -0.186. The maximum absolute atomic E-state index is 9.92. The summed E-state index contributed by atoms with van der Waals surface area (Å²) >= 11 is 0. The summed E-state index contributed by atoms with van der Waals surface area (Å²) in [5, 5.41) is 9.92. The van der Waals surface area contributed by atoms with Crippen LogP contribution in [-0.2, 0) is 10.3 Å². The molecule has 1 fully saturated rings. The van der Waals surface area contributed by atoms with Crippen LogP contribution in [0.3, 0.4) is 0 Å². The smallest absolute Gasteiger partial charge is 0.153 e. The van der Waals surface area contributed by atoms with E-state index in [1.165, 1.54) is 5.56 Å². The molecule has 0 aliphatic carbocycles. The van der Waals surface area contributed by atoms with Crippen molar-refractivity contribution in [2.75, 3.05) is 13.2 Å². The maximum atomic E-state index is 9.92. The quantitative estimate of drug-likeness (QED) is 0.772. The van der Waals surface area contributed by atoms with E-state index in [1.807, 2.05) is 18.3 Å². The molecule has 1 aliphatic heterocycles. The third-order valence-corrected chi connectivity index (χ3v) is 2.61. The Morgan fingerprint density at radius 1 is 1.43 bits per heavy atom. The molecule has 0 aromatic carbocycles. The summed E-state index contributed by atoms with van der Waals surface area (Å²) in [4.78, 5) is 4.26. The molecule has 0 amide bonds. The van der Waals surface area contributed by atoms with E-state index in [1.54, 1.807) is 0 Å². The molecule has 2 rings (SSSR count). The van der Waals surface area contributed by atoms with Crippen LogP contribution in [0.2, 0.25) is 0 Å². The number of nitrogens with zero attached hydrogens (tertiary/aromatic N) is 1. The van der Waals surface area contributed by atoms with Crippen LogP contribution in [0.4, 0.5) is 0 Å². The van der Waals surface area contributed by atoms with E-state index in [0.29, 0.717) is 24.8 Å². The number of rotatable bonds is 2. The first-order valence-corrected chi connectivity index (χ1v) is 4.88. The van der Waals surface area contributed by atoms with Crippen LogP contribution < -0.4 is 0 Å². The van der Waals surface area contributed by atoms with Crippen molar-refractivity contribution in [1.29, 1.82) is 0 Å². The highest BCUT2D eigenvalue weighted by Gasteiger charge is 2.39. The summed E-state index contributed by atoms with van der Waals surface area (Å²) in [5.41, 5.74) is 1.07. The second-order valence-electron chi connectivity index (χ2n) is 4.16. The van der Waals surface area contributed by atoms with Crippen molar-refractivity contribution in [3.8, 4) is 0 Å². The molecule has 76 valence electrons. The predicted octanol–water partition coefficient (Wildman–Crippen LogP) is 1.42. The van der Waals surface area contributed by atoms with Gasteiger partial charge in [0.1, 0.15) is 0 Å². The molecule has 14 heavy (non-hydrogen) atoms. The van der Waals surface area contributed by atoms with Crippen molar-refractivity contribution in [2.45, 2.75) is 25.4 Å². The monoisotopic (exact) mass is 193 g/mol. The lowest BCUT2D eigenvalue weighted by Crippen LogP contribution is -2.47. The molecule has 0 bridgehead atoms. The van der Waals surface area contributed by atoms with E-state index in [9.17, 15) is 5.11 Å². The maximum Gasteiger partial charge on any atom is 0.153 e. The number of hydrogen-bond donors (Lipinski definition) is 1. The van der Waals surface area contributed by atoms with Crippen molar-refractivity contribution in [3.63, 3.8) is 0 Å².